The number of unbranched alkanes of at least 4 members (excludes halogenated alkanes) is 1. The fourth-order valence-corrected chi connectivity index (χ4v) is 4.67. The number of nitrogens with zero attached hydrogens (tertiary/aromatic N) is 1. The van der Waals surface area contributed by atoms with Crippen molar-refractivity contribution in [1.29, 1.82) is 5.26 Å². The van der Waals surface area contributed by atoms with E-state index in [0.717, 1.165) is 17.8 Å². The van der Waals surface area contributed by atoms with E-state index >= 15 is 0 Å². The van der Waals surface area contributed by atoms with E-state index in [0.29, 0.717) is 5.92 Å². The highest BCUT2D eigenvalue weighted by Gasteiger charge is 2.24. The van der Waals surface area contributed by atoms with Crippen molar-refractivity contribution < 1.29 is 0 Å². The van der Waals surface area contributed by atoms with Gasteiger partial charge in [-0.05, 0) is 62.7 Å². The van der Waals surface area contributed by atoms with Crippen LogP contribution in [-0.4, -0.2) is 0 Å². The van der Waals surface area contributed by atoms with E-state index in [-0.39, 0.29) is 0 Å². The summed E-state index contributed by atoms with van der Waals surface area (Å²) in [4.78, 5) is 0. The van der Waals surface area contributed by atoms with Gasteiger partial charge in [-0.1, -0.05) is 64.0 Å². The van der Waals surface area contributed by atoms with Gasteiger partial charge in [0.15, 0.2) is 0 Å². The van der Waals surface area contributed by atoms with E-state index in [4.69, 9.17) is 5.26 Å². The second kappa shape index (κ2) is 10.9. The molecule has 2 rings (SSSR count). The van der Waals surface area contributed by atoms with Crippen molar-refractivity contribution in [3.05, 3.63) is 12.2 Å². The molecule has 0 aromatic rings. The predicted molar refractivity (Wildman–Crippen MR) is 99.0 cm³/mol. The van der Waals surface area contributed by atoms with Crippen LogP contribution in [0.1, 0.15) is 96.8 Å². The van der Waals surface area contributed by atoms with Crippen molar-refractivity contribution in [2.24, 2.45) is 23.7 Å². The van der Waals surface area contributed by atoms with Gasteiger partial charge in [-0.2, -0.15) is 5.26 Å². The molecule has 0 aliphatic heterocycles. The lowest BCUT2D eigenvalue weighted by Gasteiger charge is -2.31. The summed E-state index contributed by atoms with van der Waals surface area (Å²) in [7, 11) is 0. The highest BCUT2D eigenvalue weighted by atomic mass is 14.3. The molecule has 130 valence electrons. The molecule has 2 aliphatic rings. The molecule has 0 amide bonds. The molecule has 0 spiro atoms. The number of hydrogen-bond acceptors (Lipinski definition) is 1. The van der Waals surface area contributed by atoms with Crippen molar-refractivity contribution in [2.45, 2.75) is 96.8 Å². The predicted octanol–water partition coefficient (Wildman–Crippen LogP) is 7.04. The van der Waals surface area contributed by atoms with Crippen LogP contribution >= 0.6 is 0 Å². The van der Waals surface area contributed by atoms with Gasteiger partial charge in [-0.3, -0.25) is 0 Å². The lowest BCUT2D eigenvalue weighted by Crippen LogP contribution is -2.17. The summed E-state index contributed by atoms with van der Waals surface area (Å²) < 4.78 is 0. The van der Waals surface area contributed by atoms with E-state index in [1.54, 1.807) is 0 Å². The van der Waals surface area contributed by atoms with Gasteiger partial charge in [-0.15, -0.1) is 0 Å². The minimum atomic E-state index is 0.369. The monoisotopic (exact) mass is 315 g/mol. The molecular formula is C22H37N. The van der Waals surface area contributed by atoms with Crippen LogP contribution in [0.15, 0.2) is 12.2 Å². The zero-order valence-corrected chi connectivity index (χ0v) is 15.3. The van der Waals surface area contributed by atoms with Crippen LogP contribution < -0.4 is 0 Å². The summed E-state index contributed by atoms with van der Waals surface area (Å²) in [6, 6.07) is 2.46. The Hall–Kier alpha value is -0.770. The summed E-state index contributed by atoms with van der Waals surface area (Å²) >= 11 is 0. The Kier molecular flexibility index (Phi) is 8.80. The molecule has 2 saturated carbocycles. The van der Waals surface area contributed by atoms with Crippen molar-refractivity contribution in [1.82, 2.24) is 0 Å². The first-order chi connectivity index (χ1) is 11.3. The molecule has 0 unspecified atom stereocenters. The number of allylic oxidation sites excluding steroid dienone is 2. The maximum absolute atomic E-state index is 8.99. The Morgan fingerprint density at radius 2 is 1.30 bits per heavy atom. The van der Waals surface area contributed by atoms with Gasteiger partial charge in [0.1, 0.15) is 0 Å². The lowest BCUT2D eigenvalue weighted by molar-refractivity contribution is 0.221. The highest BCUT2D eigenvalue weighted by molar-refractivity contribution is 4.87. The van der Waals surface area contributed by atoms with Crippen LogP contribution in [0.3, 0.4) is 0 Å². The first-order valence-corrected chi connectivity index (χ1v) is 10.4. The SMILES string of the molecule is CC/C=C\CCC[C@H]1CC[C@H](CC[C@H]2CC[C@H](C#N)CC2)CC1. The molecule has 1 nitrogen and oxygen atoms in total. The van der Waals surface area contributed by atoms with Gasteiger partial charge in [-0.25, -0.2) is 0 Å². The van der Waals surface area contributed by atoms with Crippen molar-refractivity contribution in [3.8, 4) is 6.07 Å². The van der Waals surface area contributed by atoms with Gasteiger partial charge in [0, 0.05) is 5.92 Å². The minimum absolute atomic E-state index is 0.369. The zero-order valence-electron chi connectivity index (χ0n) is 15.3. The zero-order chi connectivity index (χ0) is 16.3. The van der Waals surface area contributed by atoms with Gasteiger partial charge >= 0.3 is 0 Å². The van der Waals surface area contributed by atoms with E-state index in [1.807, 2.05) is 0 Å². The molecule has 0 saturated heterocycles. The molecule has 0 radical (unpaired) electrons. The van der Waals surface area contributed by atoms with Gasteiger partial charge < -0.3 is 0 Å². The van der Waals surface area contributed by atoms with Crippen LogP contribution in [-0.2, 0) is 0 Å². The topological polar surface area (TPSA) is 23.8 Å². The standard InChI is InChI=1S/C22H37N/c1-2-3-4-5-6-7-19-8-10-20(11-9-19)12-13-21-14-16-22(18-23)17-15-21/h3-4,19-22H,2,5-17H2,1H3/b4-3-/t19-,20-,21-,22-. The molecule has 0 atom stereocenters. The first-order valence-electron chi connectivity index (χ1n) is 10.4. The largest absolute Gasteiger partial charge is 0.198 e. The quantitative estimate of drug-likeness (QED) is 0.348. The van der Waals surface area contributed by atoms with Crippen LogP contribution in [0.4, 0.5) is 0 Å². The number of rotatable bonds is 8. The second-order valence-electron chi connectivity index (χ2n) is 8.12. The van der Waals surface area contributed by atoms with E-state index < -0.39 is 0 Å². The summed E-state index contributed by atoms with van der Waals surface area (Å²) in [5.41, 5.74) is 0. The van der Waals surface area contributed by atoms with Crippen molar-refractivity contribution in [2.75, 3.05) is 0 Å². The van der Waals surface area contributed by atoms with Crippen LogP contribution in [0.2, 0.25) is 0 Å². The fourth-order valence-electron chi connectivity index (χ4n) is 4.67. The molecule has 0 aromatic heterocycles. The Labute approximate surface area is 144 Å². The third-order valence-electron chi connectivity index (χ3n) is 6.36. The number of nitriles is 1. The summed E-state index contributed by atoms with van der Waals surface area (Å²) in [5.74, 6) is 3.34. The molecule has 1 heteroatoms. The van der Waals surface area contributed by atoms with Crippen LogP contribution in [0, 0.1) is 35.0 Å². The number of hydrogen-bond donors (Lipinski definition) is 0. The Bertz CT molecular complexity index is 362. The molecule has 0 aromatic carbocycles. The summed E-state index contributed by atoms with van der Waals surface area (Å²) in [5, 5.41) is 8.99. The summed E-state index contributed by atoms with van der Waals surface area (Å²) in [6.45, 7) is 2.22. The van der Waals surface area contributed by atoms with Crippen molar-refractivity contribution >= 4 is 0 Å². The molecule has 2 aliphatic carbocycles. The second-order valence-corrected chi connectivity index (χ2v) is 8.12. The molecule has 0 heterocycles. The molecule has 0 bridgehead atoms. The van der Waals surface area contributed by atoms with E-state index in [9.17, 15) is 0 Å². The van der Waals surface area contributed by atoms with E-state index in [1.165, 1.54) is 89.9 Å². The molecule has 2 fully saturated rings. The lowest BCUT2D eigenvalue weighted by atomic mass is 9.75. The van der Waals surface area contributed by atoms with Crippen molar-refractivity contribution in [3.63, 3.8) is 0 Å². The molecule has 23 heavy (non-hydrogen) atoms. The van der Waals surface area contributed by atoms with Gasteiger partial charge in [0.05, 0.1) is 6.07 Å². The highest BCUT2D eigenvalue weighted by Crippen LogP contribution is 2.37. The third-order valence-corrected chi connectivity index (χ3v) is 6.36. The fraction of sp³-hybridized carbons (Fsp3) is 0.864. The summed E-state index contributed by atoms with van der Waals surface area (Å²) in [6.07, 6.45) is 23.8. The van der Waals surface area contributed by atoms with Crippen LogP contribution in [0.5, 0.6) is 0 Å². The Balaban J connectivity index is 1.51. The molecule has 0 N–H and O–H groups in total. The Morgan fingerprint density at radius 3 is 1.83 bits per heavy atom. The van der Waals surface area contributed by atoms with Crippen LogP contribution in [0.25, 0.3) is 0 Å². The maximum atomic E-state index is 8.99. The minimum Gasteiger partial charge on any atom is -0.198 e. The third kappa shape index (κ3) is 7.11. The first kappa shape index (κ1) is 18.6. The Morgan fingerprint density at radius 1 is 0.783 bits per heavy atom. The molecular weight excluding hydrogens is 278 g/mol. The van der Waals surface area contributed by atoms with Gasteiger partial charge in [0.25, 0.3) is 0 Å². The normalized spacial score (nSPS) is 32.0. The maximum Gasteiger partial charge on any atom is 0.0655 e. The average molecular weight is 316 g/mol. The smallest absolute Gasteiger partial charge is 0.0655 e. The average Bonchev–Trinajstić information content (AvgIpc) is 2.61. The van der Waals surface area contributed by atoms with E-state index in [2.05, 4.69) is 25.1 Å². The van der Waals surface area contributed by atoms with Gasteiger partial charge in [0.2, 0.25) is 0 Å².